The molecule has 3 nitrogen and oxygen atoms in total. The summed E-state index contributed by atoms with van der Waals surface area (Å²) in [7, 11) is 0. The molecule has 1 atom stereocenters. The molecule has 0 bridgehead atoms. The lowest BCUT2D eigenvalue weighted by Gasteiger charge is -2.23. The van der Waals surface area contributed by atoms with E-state index in [-0.39, 0.29) is 30.9 Å². The van der Waals surface area contributed by atoms with Gasteiger partial charge in [-0.15, -0.1) is 24.8 Å². The molecule has 0 amide bonds. The minimum Gasteiger partial charge on any atom is -0.369 e. The number of halogens is 3. The van der Waals surface area contributed by atoms with Crippen LogP contribution in [0.25, 0.3) is 0 Å². The summed E-state index contributed by atoms with van der Waals surface area (Å²) in [5.74, 6) is 0. The van der Waals surface area contributed by atoms with Crippen molar-refractivity contribution in [2.24, 2.45) is 0 Å². The highest BCUT2D eigenvalue weighted by Crippen LogP contribution is 2.18. The molecule has 1 aromatic heterocycles. The van der Waals surface area contributed by atoms with E-state index < -0.39 is 0 Å². The quantitative estimate of drug-likeness (QED) is 0.808. The number of morpholine rings is 1. The molecule has 1 unspecified atom stereocenters. The summed E-state index contributed by atoms with van der Waals surface area (Å²) in [6, 6.07) is 5.88. The maximum absolute atomic E-state index is 5.57. The second kappa shape index (κ2) is 7.41. The van der Waals surface area contributed by atoms with Gasteiger partial charge in [0, 0.05) is 13.1 Å². The van der Waals surface area contributed by atoms with Gasteiger partial charge < -0.3 is 10.1 Å². The van der Waals surface area contributed by atoms with Gasteiger partial charge in [-0.25, -0.2) is 4.98 Å². The van der Waals surface area contributed by atoms with Crippen LogP contribution in [0.2, 0.25) is 0 Å². The highest BCUT2D eigenvalue weighted by atomic mass is 79.9. The van der Waals surface area contributed by atoms with Crippen molar-refractivity contribution < 1.29 is 4.74 Å². The van der Waals surface area contributed by atoms with E-state index in [4.69, 9.17) is 4.74 Å². The Hall–Kier alpha value is 0.130. The predicted octanol–water partition coefficient (Wildman–Crippen LogP) is 2.35. The lowest BCUT2D eigenvalue weighted by molar-refractivity contribution is 0.0249. The summed E-state index contributed by atoms with van der Waals surface area (Å²) in [6.45, 7) is 2.55. The number of aromatic nitrogens is 1. The van der Waals surface area contributed by atoms with Crippen LogP contribution in [0.4, 0.5) is 0 Å². The minimum atomic E-state index is 0. The molecular weight excluding hydrogens is 303 g/mol. The van der Waals surface area contributed by atoms with Gasteiger partial charge in [-0.2, -0.15) is 0 Å². The number of ether oxygens (including phenoxy) is 1. The smallest absolute Gasteiger partial charge is 0.112 e. The molecule has 1 aliphatic heterocycles. The molecule has 15 heavy (non-hydrogen) atoms. The number of hydrogen-bond acceptors (Lipinski definition) is 3. The normalized spacial score (nSPS) is 19.9. The molecule has 1 aliphatic rings. The summed E-state index contributed by atoms with van der Waals surface area (Å²) in [4.78, 5) is 4.35. The summed E-state index contributed by atoms with van der Waals surface area (Å²) in [5.41, 5.74) is 0.988. The zero-order valence-corrected chi connectivity index (χ0v) is 11.2. The highest BCUT2D eigenvalue weighted by molar-refractivity contribution is 9.10. The average molecular weight is 316 g/mol. The fraction of sp³-hybridized carbons (Fsp3) is 0.444. The molecule has 0 aliphatic carbocycles. The Kier molecular flexibility index (Phi) is 7.48. The maximum Gasteiger partial charge on any atom is 0.112 e. The third-order valence-electron chi connectivity index (χ3n) is 1.99. The van der Waals surface area contributed by atoms with E-state index in [1.807, 2.05) is 18.2 Å². The Bertz CT molecular complexity index is 295. The zero-order valence-electron chi connectivity index (χ0n) is 7.98. The number of pyridine rings is 1. The van der Waals surface area contributed by atoms with Crippen molar-refractivity contribution in [2.45, 2.75) is 6.10 Å². The molecule has 86 valence electrons. The van der Waals surface area contributed by atoms with E-state index in [1.165, 1.54) is 0 Å². The van der Waals surface area contributed by atoms with Crippen molar-refractivity contribution in [2.75, 3.05) is 19.7 Å². The SMILES string of the molecule is Brc1cccc(C2CNCCO2)n1.Cl.Cl. The predicted molar refractivity (Wildman–Crippen MR) is 68.0 cm³/mol. The van der Waals surface area contributed by atoms with Crippen LogP contribution in [0.15, 0.2) is 22.8 Å². The van der Waals surface area contributed by atoms with E-state index in [2.05, 4.69) is 26.2 Å². The molecule has 1 aromatic rings. The van der Waals surface area contributed by atoms with Crippen molar-refractivity contribution in [1.82, 2.24) is 10.3 Å². The van der Waals surface area contributed by atoms with E-state index in [0.29, 0.717) is 0 Å². The Morgan fingerprint density at radius 3 is 2.80 bits per heavy atom. The van der Waals surface area contributed by atoms with Crippen LogP contribution in [0.3, 0.4) is 0 Å². The Balaban J connectivity index is 0.000000980. The van der Waals surface area contributed by atoms with Crippen molar-refractivity contribution in [3.8, 4) is 0 Å². The highest BCUT2D eigenvalue weighted by Gasteiger charge is 2.16. The van der Waals surface area contributed by atoms with Gasteiger partial charge in [-0.3, -0.25) is 0 Å². The fourth-order valence-electron chi connectivity index (χ4n) is 1.36. The van der Waals surface area contributed by atoms with Crippen molar-refractivity contribution in [1.29, 1.82) is 0 Å². The average Bonchev–Trinajstić information content (AvgIpc) is 2.19. The van der Waals surface area contributed by atoms with Crippen LogP contribution in [-0.2, 0) is 4.74 Å². The Morgan fingerprint density at radius 2 is 2.20 bits per heavy atom. The molecule has 2 rings (SSSR count). The standard InChI is InChI=1S/C9H11BrN2O.2ClH/c10-9-3-1-2-7(12-9)8-6-11-4-5-13-8;;/h1-3,8,11H,4-6H2;2*1H. The van der Waals surface area contributed by atoms with Crippen LogP contribution >= 0.6 is 40.7 Å². The summed E-state index contributed by atoms with van der Waals surface area (Å²) >= 11 is 3.34. The van der Waals surface area contributed by atoms with Crippen LogP contribution in [-0.4, -0.2) is 24.7 Å². The summed E-state index contributed by atoms with van der Waals surface area (Å²) in [5, 5.41) is 3.27. The van der Waals surface area contributed by atoms with Crippen LogP contribution < -0.4 is 5.32 Å². The minimum absolute atomic E-state index is 0. The van der Waals surface area contributed by atoms with E-state index in [1.54, 1.807) is 0 Å². The van der Waals surface area contributed by atoms with Crippen LogP contribution in [0.1, 0.15) is 11.8 Å². The Morgan fingerprint density at radius 1 is 1.40 bits per heavy atom. The van der Waals surface area contributed by atoms with Crippen LogP contribution in [0, 0.1) is 0 Å². The zero-order chi connectivity index (χ0) is 9.10. The van der Waals surface area contributed by atoms with Gasteiger partial charge in [0.15, 0.2) is 0 Å². The summed E-state index contributed by atoms with van der Waals surface area (Å²) < 4.78 is 6.43. The molecule has 1 N–H and O–H groups in total. The molecule has 1 fully saturated rings. The fourth-order valence-corrected chi connectivity index (χ4v) is 1.72. The molecule has 1 saturated heterocycles. The molecule has 0 aromatic carbocycles. The molecule has 2 heterocycles. The first-order valence-corrected chi connectivity index (χ1v) is 5.10. The van der Waals surface area contributed by atoms with E-state index >= 15 is 0 Å². The molecular formula is C9H13BrCl2N2O. The van der Waals surface area contributed by atoms with Gasteiger partial charge in [0.2, 0.25) is 0 Å². The van der Waals surface area contributed by atoms with E-state index in [9.17, 15) is 0 Å². The van der Waals surface area contributed by atoms with Gasteiger partial charge in [0.05, 0.1) is 12.3 Å². The number of nitrogens with one attached hydrogen (secondary N) is 1. The van der Waals surface area contributed by atoms with E-state index in [0.717, 1.165) is 30.0 Å². The third-order valence-corrected chi connectivity index (χ3v) is 2.44. The Labute approximate surface area is 110 Å². The van der Waals surface area contributed by atoms with Gasteiger partial charge in [-0.1, -0.05) is 6.07 Å². The number of hydrogen-bond donors (Lipinski definition) is 1. The monoisotopic (exact) mass is 314 g/mol. The third kappa shape index (κ3) is 4.25. The lowest BCUT2D eigenvalue weighted by Crippen LogP contribution is -2.33. The van der Waals surface area contributed by atoms with Gasteiger partial charge in [-0.05, 0) is 28.1 Å². The molecule has 0 saturated carbocycles. The van der Waals surface area contributed by atoms with Crippen LogP contribution in [0.5, 0.6) is 0 Å². The first kappa shape index (κ1) is 15.1. The van der Waals surface area contributed by atoms with Crippen molar-refractivity contribution >= 4 is 40.7 Å². The molecule has 6 heteroatoms. The number of rotatable bonds is 1. The maximum atomic E-state index is 5.57. The van der Waals surface area contributed by atoms with Gasteiger partial charge in [0.1, 0.15) is 10.7 Å². The number of nitrogens with zero attached hydrogens (tertiary/aromatic N) is 1. The first-order valence-electron chi connectivity index (χ1n) is 4.31. The first-order chi connectivity index (χ1) is 6.36. The lowest BCUT2D eigenvalue weighted by atomic mass is 10.2. The van der Waals surface area contributed by atoms with Crippen molar-refractivity contribution in [3.63, 3.8) is 0 Å². The largest absolute Gasteiger partial charge is 0.369 e. The molecule has 0 radical (unpaired) electrons. The molecule has 0 spiro atoms. The topological polar surface area (TPSA) is 34.1 Å². The second-order valence-corrected chi connectivity index (χ2v) is 3.76. The van der Waals surface area contributed by atoms with Gasteiger partial charge >= 0.3 is 0 Å². The van der Waals surface area contributed by atoms with Gasteiger partial charge in [0.25, 0.3) is 0 Å². The van der Waals surface area contributed by atoms with Crippen molar-refractivity contribution in [3.05, 3.63) is 28.5 Å². The second-order valence-electron chi connectivity index (χ2n) is 2.95. The summed E-state index contributed by atoms with van der Waals surface area (Å²) in [6.07, 6.45) is 0.103.